The molecule has 0 fully saturated rings. The highest BCUT2D eigenvalue weighted by Gasteiger charge is 2.04. The van der Waals surface area contributed by atoms with Gasteiger partial charge in [-0.2, -0.15) is 0 Å². The normalized spacial score (nSPS) is 10.3. The molecule has 1 aromatic carbocycles. The van der Waals surface area contributed by atoms with Crippen LogP contribution in [0.15, 0.2) is 43.0 Å². The summed E-state index contributed by atoms with van der Waals surface area (Å²) in [7, 11) is 0. The van der Waals surface area contributed by atoms with Crippen molar-refractivity contribution >= 4 is 5.97 Å². The Kier molecular flexibility index (Phi) is 9.99. The predicted octanol–water partition coefficient (Wildman–Crippen LogP) is 2.08. The molecule has 0 aliphatic carbocycles. The molecule has 5 nitrogen and oxygen atoms in total. The number of hydrogen-bond acceptors (Lipinski definition) is 5. The second kappa shape index (κ2) is 12.1. The van der Waals surface area contributed by atoms with Gasteiger partial charge in [0.25, 0.3) is 0 Å². The minimum Gasteiger partial charge on any atom is -0.460 e. The average Bonchev–Trinajstić information content (AvgIpc) is 2.53. The molecule has 0 aliphatic heterocycles. The zero-order valence-electron chi connectivity index (χ0n) is 12.2. The van der Waals surface area contributed by atoms with Crippen molar-refractivity contribution in [3.63, 3.8) is 0 Å². The first-order valence-electron chi connectivity index (χ1n) is 6.91. The molecular formula is C16H22O5. The fourth-order valence-corrected chi connectivity index (χ4v) is 1.46. The van der Waals surface area contributed by atoms with E-state index in [1.807, 2.05) is 6.07 Å². The van der Waals surface area contributed by atoms with Crippen LogP contribution in [0.5, 0.6) is 0 Å². The zero-order chi connectivity index (χ0) is 15.2. The molecule has 0 heterocycles. The fraction of sp³-hybridized carbons (Fsp3) is 0.438. The molecule has 21 heavy (non-hydrogen) atoms. The van der Waals surface area contributed by atoms with Crippen molar-refractivity contribution in [3.05, 3.63) is 48.6 Å². The average molecular weight is 294 g/mol. The van der Waals surface area contributed by atoms with Crippen molar-refractivity contribution in [1.82, 2.24) is 0 Å². The summed E-state index contributed by atoms with van der Waals surface area (Å²) < 4.78 is 20.8. The van der Waals surface area contributed by atoms with Gasteiger partial charge in [-0.05, 0) is 12.1 Å². The number of esters is 1. The summed E-state index contributed by atoms with van der Waals surface area (Å²) in [5.41, 5.74) is 0.542. The highest BCUT2D eigenvalue weighted by molar-refractivity contribution is 5.89. The Morgan fingerprint density at radius 1 is 0.905 bits per heavy atom. The number of benzene rings is 1. The lowest BCUT2D eigenvalue weighted by Gasteiger charge is -2.07. The van der Waals surface area contributed by atoms with Gasteiger partial charge in [0.2, 0.25) is 0 Å². The number of ether oxygens (including phenoxy) is 4. The minimum atomic E-state index is -0.338. The number of carbonyl (C=O) groups is 1. The van der Waals surface area contributed by atoms with Crippen LogP contribution >= 0.6 is 0 Å². The van der Waals surface area contributed by atoms with Gasteiger partial charge < -0.3 is 18.9 Å². The first-order valence-corrected chi connectivity index (χ1v) is 6.91. The molecule has 1 rings (SSSR count). The zero-order valence-corrected chi connectivity index (χ0v) is 12.2. The first-order chi connectivity index (χ1) is 10.3. The second-order valence-electron chi connectivity index (χ2n) is 4.09. The van der Waals surface area contributed by atoms with Gasteiger partial charge in [0, 0.05) is 0 Å². The van der Waals surface area contributed by atoms with Crippen LogP contribution in [0, 0.1) is 0 Å². The summed E-state index contributed by atoms with van der Waals surface area (Å²) in [5, 5.41) is 0. The molecule has 0 amide bonds. The number of rotatable bonds is 12. The van der Waals surface area contributed by atoms with E-state index >= 15 is 0 Å². The largest absolute Gasteiger partial charge is 0.460 e. The molecule has 0 radical (unpaired) electrons. The van der Waals surface area contributed by atoms with E-state index in [0.29, 0.717) is 45.2 Å². The van der Waals surface area contributed by atoms with E-state index in [-0.39, 0.29) is 12.6 Å². The Hall–Kier alpha value is -1.69. The van der Waals surface area contributed by atoms with Gasteiger partial charge >= 0.3 is 5.97 Å². The van der Waals surface area contributed by atoms with Crippen LogP contribution in [-0.4, -0.2) is 52.2 Å². The van der Waals surface area contributed by atoms with E-state index < -0.39 is 0 Å². The number of hydrogen-bond donors (Lipinski definition) is 0. The van der Waals surface area contributed by atoms with Crippen LogP contribution in [-0.2, 0) is 18.9 Å². The van der Waals surface area contributed by atoms with Crippen molar-refractivity contribution < 1.29 is 23.7 Å². The summed E-state index contributed by atoms with van der Waals surface area (Å²) in [6, 6.07) is 8.87. The smallest absolute Gasteiger partial charge is 0.338 e. The topological polar surface area (TPSA) is 54.0 Å². The van der Waals surface area contributed by atoms with E-state index in [1.54, 1.807) is 30.3 Å². The monoisotopic (exact) mass is 294 g/mol. The Morgan fingerprint density at radius 3 is 2.10 bits per heavy atom. The maximum absolute atomic E-state index is 11.6. The summed E-state index contributed by atoms with van der Waals surface area (Å²) in [5.74, 6) is -0.338. The first kappa shape index (κ1) is 17.4. The van der Waals surface area contributed by atoms with Crippen LogP contribution in [0.4, 0.5) is 0 Å². The highest BCUT2D eigenvalue weighted by Crippen LogP contribution is 2.00. The molecule has 0 aromatic heterocycles. The molecule has 1 aromatic rings. The predicted molar refractivity (Wildman–Crippen MR) is 79.4 cm³/mol. The third-order valence-electron chi connectivity index (χ3n) is 2.45. The molecule has 0 saturated carbocycles. The molecule has 0 unspecified atom stereocenters. The molecule has 0 aliphatic rings. The lowest BCUT2D eigenvalue weighted by Crippen LogP contribution is -2.14. The molecule has 0 bridgehead atoms. The van der Waals surface area contributed by atoms with Crippen molar-refractivity contribution in [2.75, 3.05) is 46.2 Å². The highest BCUT2D eigenvalue weighted by atomic mass is 16.6. The SMILES string of the molecule is C=CCOCCOCCOCCOC(=O)c1ccccc1. The van der Waals surface area contributed by atoms with Crippen LogP contribution in [0.3, 0.4) is 0 Å². The lowest BCUT2D eigenvalue weighted by molar-refractivity contribution is 0.00314. The van der Waals surface area contributed by atoms with E-state index in [0.717, 1.165) is 0 Å². The van der Waals surface area contributed by atoms with Gasteiger partial charge in [-0.3, -0.25) is 0 Å². The summed E-state index contributed by atoms with van der Waals surface area (Å²) in [6.07, 6.45) is 1.69. The van der Waals surface area contributed by atoms with Gasteiger partial charge in [-0.1, -0.05) is 24.3 Å². The molecule has 0 atom stereocenters. The lowest BCUT2D eigenvalue weighted by atomic mass is 10.2. The molecule has 0 spiro atoms. The van der Waals surface area contributed by atoms with Crippen molar-refractivity contribution in [2.45, 2.75) is 0 Å². The van der Waals surface area contributed by atoms with Crippen molar-refractivity contribution in [1.29, 1.82) is 0 Å². The van der Waals surface area contributed by atoms with Gasteiger partial charge in [0.1, 0.15) is 6.61 Å². The number of carbonyl (C=O) groups excluding carboxylic acids is 1. The van der Waals surface area contributed by atoms with Crippen LogP contribution in [0.1, 0.15) is 10.4 Å². The van der Waals surface area contributed by atoms with Gasteiger partial charge in [-0.25, -0.2) is 4.79 Å². The maximum Gasteiger partial charge on any atom is 0.338 e. The molecular weight excluding hydrogens is 272 g/mol. The molecule has 116 valence electrons. The van der Waals surface area contributed by atoms with Crippen molar-refractivity contribution in [3.8, 4) is 0 Å². The quantitative estimate of drug-likeness (QED) is 0.335. The van der Waals surface area contributed by atoms with Crippen LogP contribution < -0.4 is 0 Å². The van der Waals surface area contributed by atoms with Gasteiger partial charge in [0.05, 0.1) is 45.2 Å². The molecule has 0 N–H and O–H groups in total. The standard InChI is InChI=1S/C16H22O5/c1-2-8-18-9-10-19-11-12-20-13-14-21-16(17)15-6-4-3-5-7-15/h2-7H,1,8-14H2. The van der Waals surface area contributed by atoms with E-state index in [9.17, 15) is 4.79 Å². The van der Waals surface area contributed by atoms with E-state index in [1.165, 1.54) is 0 Å². The summed E-state index contributed by atoms with van der Waals surface area (Å²) in [6.45, 7) is 6.69. The Morgan fingerprint density at radius 2 is 1.48 bits per heavy atom. The molecule has 5 heteroatoms. The maximum atomic E-state index is 11.6. The second-order valence-corrected chi connectivity index (χ2v) is 4.09. The van der Waals surface area contributed by atoms with Crippen LogP contribution in [0.25, 0.3) is 0 Å². The van der Waals surface area contributed by atoms with E-state index in [2.05, 4.69) is 6.58 Å². The Balaban J connectivity index is 1.89. The summed E-state index contributed by atoms with van der Waals surface area (Å²) >= 11 is 0. The summed E-state index contributed by atoms with van der Waals surface area (Å²) in [4.78, 5) is 11.6. The van der Waals surface area contributed by atoms with Crippen molar-refractivity contribution in [2.24, 2.45) is 0 Å². The minimum absolute atomic E-state index is 0.232. The molecule has 0 saturated heterocycles. The third-order valence-corrected chi connectivity index (χ3v) is 2.45. The van der Waals surface area contributed by atoms with Gasteiger partial charge in [-0.15, -0.1) is 6.58 Å². The third kappa shape index (κ3) is 8.96. The Labute approximate surface area is 125 Å². The van der Waals surface area contributed by atoms with Crippen LogP contribution in [0.2, 0.25) is 0 Å². The Bertz CT molecular complexity index is 391. The fourth-order valence-electron chi connectivity index (χ4n) is 1.46. The van der Waals surface area contributed by atoms with Gasteiger partial charge in [0.15, 0.2) is 0 Å². The van der Waals surface area contributed by atoms with E-state index in [4.69, 9.17) is 18.9 Å².